The minimum atomic E-state index is -5.69. The second-order valence-electron chi connectivity index (χ2n) is 9.84. The van der Waals surface area contributed by atoms with E-state index in [2.05, 4.69) is 0 Å². The van der Waals surface area contributed by atoms with Crippen molar-refractivity contribution in [3.63, 3.8) is 0 Å². The Hall–Kier alpha value is -3.24. The Labute approximate surface area is 210 Å². The minimum Gasteiger partial charge on any atom is -0.458 e. The van der Waals surface area contributed by atoms with Gasteiger partial charge in [0.05, 0.1) is 0 Å². The molecule has 11 heteroatoms. The Kier molecular flexibility index (Phi) is 7.85. The summed E-state index contributed by atoms with van der Waals surface area (Å²) in [5.74, 6) is -5.65. The van der Waals surface area contributed by atoms with Crippen LogP contribution in [0.25, 0.3) is 11.1 Å². The van der Waals surface area contributed by atoms with Crippen LogP contribution in [-0.4, -0.2) is 54.6 Å². The number of esters is 1. The fraction of sp³-hybridized carbons (Fsp3) is 0.462. The Morgan fingerprint density at radius 1 is 0.865 bits per heavy atom. The van der Waals surface area contributed by atoms with Crippen molar-refractivity contribution in [2.75, 3.05) is 13.7 Å². The highest BCUT2D eigenvalue weighted by Crippen LogP contribution is 2.45. The smallest absolute Gasteiger partial charge is 0.410 e. The summed E-state index contributed by atoms with van der Waals surface area (Å²) in [6, 6.07) is 12.6. The predicted octanol–water partition coefficient (Wildman–Crippen LogP) is 6.71. The molecule has 1 unspecified atom stereocenters. The van der Waals surface area contributed by atoms with Gasteiger partial charge in [-0.15, -0.1) is 0 Å². The maximum atomic E-state index is 13.3. The molecule has 1 amide bonds. The molecule has 1 aliphatic carbocycles. The molecular formula is C26H27F6NO4. The fourth-order valence-electron chi connectivity index (χ4n) is 4.28. The lowest BCUT2D eigenvalue weighted by Crippen LogP contribution is -2.50. The zero-order valence-electron chi connectivity index (χ0n) is 20.6. The third kappa shape index (κ3) is 6.56. The third-order valence-electron chi connectivity index (χ3n) is 6.02. The molecule has 2 aromatic rings. The van der Waals surface area contributed by atoms with Crippen LogP contribution in [0.15, 0.2) is 48.5 Å². The molecule has 1 aliphatic rings. The zero-order chi connectivity index (χ0) is 27.8. The molecule has 0 radical (unpaired) electrons. The number of benzene rings is 2. The normalized spacial score (nSPS) is 14.7. The average Bonchev–Trinajstić information content (AvgIpc) is 3.08. The highest BCUT2D eigenvalue weighted by atomic mass is 19.4. The molecule has 0 saturated carbocycles. The highest BCUT2D eigenvalue weighted by molar-refractivity contribution is 5.82. The number of amides is 1. The van der Waals surface area contributed by atoms with E-state index in [4.69, 9.17) is 9.47 Å². The van der Waals surface area contributed by atoms with Crippen LogP contribution in [0.4, 0.5) is 31.1 Å². The molecule has 5 nitrogen and oxygen atoms in total. The van der Waals surface area contributed by atoms with E-state index in [1.165, 1.54) is 20.8 Å². The quantitative estimate of drug-likeness (QED) is 0.307. The topological polar surface area (TPSA) is 55.8 Å². The second kappa shape index (κ2) is 10.3. The molecule has 0 aromatic heterocycles. The first-order chi connectivity index (χ1) is 17.0. The number of halogens is 6. The largest absolute Gasteiger partial charge is 0.458 e. The summed E-state index contributed by atoms with van der Waals surface area (Å²) in [6.45, 7) is 3.97. The highest BCUT2D eigenvalue weighted by Gasteiger charge is 2.58. The average molecular weight is 531 g/mol. The van der Waals surface area contributed by atoms with E-state index in [0.29, 0.717) is 4.90 Å². The Morgan fingerprint density at radius 2 is 1.32 bits per heavy atom. The number of hydrogen-bond donors (Lipinski definition) is 0. The summed E-state index contributed by atoms with van der Waals surface area (Å²) in [7, 11) is 0.914. The summed E-state index contributed by atoms with van der Waals surface area (Å²) < 4.78 is 90.0. The van der Waals surface area contributed by atoms with Gasteiger partial charge in [-0.3, -0.25) is 4.90 Å². The van der Waals surface area contributed by atoms with Crippen LogP contribution in [0.5, 0.6) is 0 Å². The lowest BCUT2D eigenvalue weighted by atomic mass is 9.97. The number of carbonyl (C=O) groups is 2. The maximum absolute atomic E-state index is 13.3. The number of rotatable bonds is 6. The fourth-order valence-corrected chi connectivity index (χ4v) is 4.28. The summed E-state index contributed by atoms with van der Waals surface area (Å²) in [5.41, 5.74) is 2.35. The molecule has 202 valence electrons. The minimum absolute atomic E-state index is 0.236. The monoisotopic (exact) mass is 531 g/mol. The third-order valence-corrected chi connectivity index (χ3v) is 6.02. The van der Waals surface area contributed by atoms with Gasteiger partial charge in [0, 0.05) is 13.0 Å². The summed E-state index contributed by atoms with van der Waals surface area (Å²) in [4.78, 5) is 26.0. The van der Waals surface area contributed by atoms with E-state index >= 15 is 0 Å². The van der Waals surface area contributed by atoms with Gasteiger partial charge in [-0.1, -0.05) is 48.5 Å². The first-order valence-corrected chi connectivity index (χ1v) is 11.4. The Bertz CT molecular complexity index is 1080. The Morgan fingerprint density at radius 3 is 1.76 bits per heavy atom. The van der Waals surface area contributed by atoms with Crippen molar-refractivity contribution in [2.45, 2.75) is 57.1 Å². The Balaban J connectivity index is 1.83. The lowest BCUT2D eigenvalue weighted by molar-refractivity contribution is -0.287. The van der Waals surface area contributed by atoms with Gasteiger partial charge in [-0.25, -0.2) is 9.59 Å². The molecule has 0 bridgehead atoms. The van der Waals surface area contributed by atoms with Gasteiger partial charge in [0.2, 0.25) is 0 Å². The van der Waals surface area contributed by atoms with E-state index in [0.717, 1.165) is 29.3 Å². The van der Waals surface area contributed by atoms with Gasteiger partial charge in [-0.05, 0) is 49.4 Å². The molecule has 3 rings (SSSR count). The van der Waals surface area contributed by atoms with Crippen LogP contribution in [0, 0.1) is 5.92 Å². The number of fused-ring (bicyclic) bond motifs is 3. The van der Waals surface area contributed by atoms with Crippen molar-refractivity contribution >= 4 is 12.1 Å². The number of likely N-dealkylation sites (N-methyl/N-ethyl adjacent to an activating group) is 1. The van der Waals surface area contributed by atoms with Crippen molar-refractivity contribution < 1.29 is 45.4 Å². The van der Waals surface area contributed by atoms with E-state index in [1.54, 1.807) is 12.1 Å². The van der Waals surface area contributed by atoms with Crippen molar-refractivity contribution in [3.05, 3.63) is 59.7 Å². The van der Waals surface area contributed by atoms with Gasteiger partial charge in [-0.2, -0.15) is 26.3 Å². The zero-order valence-corrected chi connectivity index (χ0v) is 20.6. The summed E-state index contributed by atoms with van der Waals surface area (Å²) in [5, 5.41) is 0. The lowest BCUT2D eigenvalue weighted by Gasteiger charge is -2.33. The van der Waals surface area contributed by atoms with Crippen molar-refractivity contribution in [1.29, 1.82) is 0 Å². The van der Waals surface area contributed by atoms with Crippen molar-refractivity contribution in [3.8, 4) is 11.1 Å². The molecule has 37 heavy (non-hydrogen) atoms. The molecule has 0 N–H and O–H groups in total. The van der Waals surface area contributed by atoms with Gasteiger partial charge >= 0.3 is 24.4 Å². The molecule has 0 spiro atoms. The van der Waals surface area contributed by atoms with Crippen LogP contribution in [0.2, 0.25) is 0 Å². The summed E-state index contributed by atoms with van der Waals surface area (Å²) >= 11 is 0. The maximum Gasteiger partial charge on any atom is 0.410 e. The van der Waals surface area contributed by atoms with Crippen molar-refractivity contribution in [2.24, 2.45) is 5.92 Å². The van der Waals surface area contributed by atoms with Crippen LogP contribution in [0.1, 0.15) is 44.2 Å². The molecule has 0 heterocycles. The standard InChI is InChI=1S/C26H27F6NO4/c1-24(2,3)37-22(34)20(13-21(25(27,28)29)26(30,31)32)33(4)23(35)36-14-19-17-11-7-5-9-15(17)16-10-6-8-12-18(16)19/h5-12,19-21H,13-14H2,1-4H3. The van der Waals surface area contributed by atoms with E-state index < -0.39 is 54.3 Å². The molecule has 0 fully saturated rings. The predicted molar refractivity (Wildman–Crippen MR) is 123 cm³/mol. The molecule has 0 saturated heterocycles. The molecule has 1 atom stereocenters. The van der Waals surface area contributed by atoms with Gasteiger partial charge in [0.15, 0.2) is 5.92 Å². The second-order valence-corrected chi connectivity index (χ2v) is 9.84. The van der Waals surface area contributed by atoms with E-state index in [1.807, 2.05) is 36.4 Å². The number of nitrogens with zero attached hydrogens (tertiary/aromatic N) is 1. The number of carbonyl (C=O) groups excluding carboxylic acids is 2. The number of alkyl halides is 6. The number of hydrogen-bond acceptors (Lipinski definition) is 4. The van der Waals surface area contributed by atoms with E-state index in [-0.39, 0.29) is 6.61 Å². The molecule has 0 aliphatic heterocycles. The van der Waals surface area contributed by atoms with E-state index in [9.17, 15) is 35.9 Å². The first kappa shape index (κ1) is 28.3. The van der Waals surface area contributed by atoms with Gasteiger partial charge < -0.3 is 9.47 Å². The van der Waals surface area contributed by atoms with Gasteiger partial charge in [0.1, 0.15) is 18.2 Å². The first-order valence-electron chi connectivity index (χ1n) is 11.4. The summed E-state index contributed by atoms with van der Waals surface area (Å²) in [6.07, 6.45) is -14.4. The number of ether oxygens (including phenoxy) is 2. The molecule has 2 aromatic carbocycles. The van der Waals surface area contributed by atoms with Crippen LogP contribution < -0.4 is 0 Å². The van der Waals surface area contributed by atoms with Crippen LogP contribution >= 0.6 is 0 Å². The van der Waals surface area contributed by atoms with Gasteiger partial charge in [0.25, 0.3) is 0 Å². The van der Waals surface area contributed by atoms with Crippen LogP contribution in [0.3, 0.4) is 0 Å². The van der Waals surface area contributed by atoms with Crippen LogP contribution in [-0.2, 0) is 14.3 Å². The van der Waals surface area contributed by atoms with Crippen molar-refractivity contribution in [1.82, 2.24) is 4.90 Å². The molecular weight excluding hydrogens is 504 g/mol. The SMILES string of the molecule is CN(C(=O)OCC1c2ccccc2-c2ccccc21)C(CC(C(F)(F)F)C(F)(F)F)C(=O)OC(C)(C)C.